The summed E-state index contributed by atoms with van der Waals surface area (Å²) in [6.45, 7) is 16.0. The number of ether oxygens (including phenoxy) is 1. The highest BCUT2D eigenvalue weighted by atomic mass is 16.5. The molecule has 3 heterocycles. The van der Waals surface area contributed by atoms with Crippen molar-refractivity contribution in [1.29, 1.82) is 0 Å². The number of nitrogens with one attached hydrogen (secondary N) is 1. The third-order valence-electron chi connectivity index (χ3n) is 11.8. The lowest BCUT2D eigenvalue weighted by atomic mass is 9.55. The van der Waals surface area contributed by atoms with Gasteiger partial charge in [0.1, 0.15) is 0 Å². The predicted molar refractivity (Wildman–Crippen MR) is 143 cm³/mol. The number of nitrogens with zero attached hydrogens (tertiary/aromatic N) is 1. The molecular formula is C31H52N2O2. The third kappa shape index (κ3) is 4.04. The van der Waals surface area contributed by atoms with Crippen molar-refractivity contribution in [1.82, 2.24) is 10.2 Å². The Hall–Kier alpha value is -0.870. The van der Waals surface area contributed by atoms with Crippen LogP contribution < -0.4 is 5.32 Å². The zero-order chi connectivity index (χ0) is 25.1. The summed E-state index contributed by atoms with van der Waals surface area (Å²) in [6.07, 6.45) is 11.1. The summed E-state index contributed by atoms with van der Waals surface area (Å²) in [4.78, 5) is 14.6. The summed E-state index contributed by atoms with van der Waals surface area (Å²) in [5.41, 5.74) is 3.83. The lowest BCUT2D eigenvalue weighted by Crippen LogP contribution is -2.48. The molecule has 6 rings (SSSR count). The molecule has 2 saturated carbocycles. The highest BCUT2D eigenvalue weighted by molar-refractivity contribution is 5.76. The van der Waals surface area contributed by atoms with Crippen molar-refractivity contribution in [3.63, 3.8) is 0 Å². The van der Waals surface area contributed by atoms with Crippen LogP contribution in [0.1, 0.15) is 99.3 Å². The summed E-state index contributed by atoms with van der Waals surface area (Å²) >= 11 is 0. The summed E-state index contributed by atoms with van der Waals surface area (Å²) in [5.74, 6) is 4.71. The molecule has 6 aliphatic rings. The van der Waals surface area contributed by atoms with Gasteiger partial charge in [-0.05, 0) is 99.8 Å². The standard InChI is InChI=1S/C29H46N2O2.C2H6/c1-17-12-25-27(30-15-17)19(3)29(33-25)11-8-21-22-7-6-20-16-31(5)26(32)9-10-28(20,4)24(22)13-23(21)18(2)14-29;1-2/h17,19-22,24-25,27,30H,6-16H2,1-5H3;1-2H3/t17-,19?,20?,21?,22?,24?,25?,27?,28?,29-;/m0./s1. The van der Waals surface area contributed by atoms with Crippen molar-refractivity contribution in [2.45, 2.75) is 117 Å². The number of carbonyl (C=O) groups is 1. The van der Waals surface area contributed by atoms with Crippen LogP contribution in [-0.4, -0.2) is 48.7 Å². The summed E-state index contributed by atoms with van der Waals surface area (Å²) < 4.78 is 7.03. The second-order valence-electron chi connectivity index (χ2n) is 13.4. The summed E-state index contributed by atoms with van der Waals surface area (Å²) in [7, 11) is 2.03. The van der Waals surface area contributed by atoms with E-state index in [1.54, 1.807) is 11.1 Å². The van der Waals surface area contributed by atoms with Crippen molar-refractivity contribution in [2.24, 2.45) is 40.9 Å². The van der Waals surface area contributed by atoms with Crippen LogP contribution >= 0.6 is 0 Å². The number of allylic oxidation sites excluding steroid dienone is 1. The van der Waals surface area contributed by atoms with Crippen molar-refractivity contribution < 1.29 is 9.53 Å². The van der Waals surface area contributed by atoms with Crippen LogP contribution in [-0.2, 0) is 9.53 Å². The van der Waals surface area contributed by atoms with Crippen LogP contribution in [0.15, 0.2) is 11.1 Å². The minimum atomic E-state index is 0.0435. The molecule has 5 fully saturated rings. The van der Waals surface area contributed by atoms with E-state index in [1.165, 1.54) is 38.5 Å². The van der Waals surface area contributed by atoms with E-state index < -0.39 is 0 Å². The average Bonchev–Trinajstić information content (AvgIpc) is 3.26. The third-order valence-corrected chi connectivity index (χ3v) is 11.8. The van der Waals surface area contributed by atoms with Crippen LogP contribution in [0.4, 0.5) is 0 Å². The number of hydrogen-bond donors (Lipinski definition) is 1. The van der Waals surface area contributed by atoms with E-state index in [9.17, 15) is 4.79 Å². The number of amides is 1. The van der Waals surface area contributed by atoms with Gasteiger partial charge in [-0.25, -0.2) is 0 Å². The molecule has 0 bridgehead atoms. The van der Waals surface area contributed by atoms with Gasteiger partial charge in [0.05, 0.1) is 11.7 Å². The lowest BCUT2D eigenvalue weighted by Gasteiger charge is -2.49. The number of piperidine rings is 1. The van der Waals surface area contributed by atoms with E-state index in [0.717, 1.165) is 56.0 Å². The number of fused-ring (bicyclic) bond motifs is 6. The van der Waals surface area contributed by atoms with E-state index in [-0.39, 0.29) is 5.60 Å². The SMILES string of the molecule is CC.CC1=C2CC3C(CCC4CN(C)C(=O)CCC43C)C2CC[C@@]2(C1)OC1C[C@H](C)CNC1C2C. The van der Waals surface area contributed by atoms with Gasteiger partial charge in [-0.3, -0.25) is 4.79 Å². The zero-order valence-electron chi connectivity index (χ0n) is 23.7. The van der Waals surface area contributed by atoms with E-state index in [4.69, 9.17) is 4.74 Å². The van der Waals surface area contributed by atoms with Gasteiger partial charge in [0, 0.05) is 32.0 Å². The van der Waals surface area contributed by atoms with Gasteiger partial charge < -0.3 is 15.0 Å². The van der Waals surface area contributed by atoms with Gasteiger partial charge in [-0.15, -0.1) is 0 Å². The largest absolute Gasteiger partial charge is 0.369 e. The number of likely N-dealkylation sites (tertiary alicyclic amines) is 1. The Balaban J connectivity index is 0.00000124. The quantitative estimate of drug-likeness (QED) is 0.416. The van der Waals surface area contributed by atoms with E-state index in [1.807, 2.05) is 25.8 Å². The van der Waals surface area contributed by atoms with Gasteiger partial charge in [0.15, 0.2) is 0 Å². The molecule has 4 nitrogen and oxygen atoms in total. The molecule has 3 aliphatic carbocycles. The van der Waals surface area contributed by atoms with Crippen LogP contribution in [0, 0.1) is 40.9 Å². The van der Waals surface area contributed by atoms with E-state index in [0.29, 0.717) is 35.3 Å². The molecule has 8 unspecified atom stereocenters. The maximum absolute atomic E-state index is 12.5. The Morgan fingerprint density at radius 2 is 1.89 bits per heavy atom. The van der Waals surface area contributed by atoms with Gasteiger partial charge in [0.2, 0.25) is 5.91 Å². The topological polar surface area (TPSA) is 41.6 Å². The average molecular weight is 485 g/mol. The lowest BCUT2D eigenvalue weighted by molar-refractivity contribution is -0.129. The minimum Gasteiger partial charge on any atom is -0.369 e. The van der Waals surface area contributed by atoms with Gasteiger partial charge in [-0.2, -0.15) is 0 Å². The molecule has 10 atom stereocenters. The fourth-order valence-electron chi connectivity index (χ4n) is 9.79. The fraction of sp³-hybridized carbons (Fsp3) is 0.903. The predicted octanol–water partition coefficient (Wildman–Crippen LogP) is 6.21. The van der Waals surface area contributed by atoms with Crippen LogP contribution in [0.2, 0.25) is 0 Å². The Morgan fingerprint density at radius 1 is 1.11 bits per heavy atom. The first kappa shape index (κ1) is 25.8. The Morgan fingerprint density at radius 3 is 2.66 bits per heavy atom. The molecule has 4 heteroatoms. The van der Waals surface area contributed by atoms with Crippen molar-refractivity contribution >= 4 is 5.91 Å². The van der Waals surface area contributed by atoms with Gasteiger partial charge >= 0.3 is 0 Å². The molecular weight excluding hydrogens is 432 g/mol. The molecule has 3 saturated heterocycles. The Labute approximate surface area is 215 Å². The highest BCUT2D eigenvalue weighted by Gasteiger charge is 2.59. The maximum Gasteiger partial charge on any atom is 0.222 e. The van der Waals surface area contributed by atoms with E-state index in [2.05, 4.69) is 33.0 Å². The minimum absolute atomic E-state index is 0.0435. The molecule has 0 aromatic heterocycles. The van der Waals surface area contributed by atoms with Crippen LogP contribution in [0.25, 0.3) is 0 Å². The van der Waals surface area contributed by atoms with Crippen molar-refractivity contribution in [3.8, 4) is 0 Å². The first-order chi connectivity index (χ1) is 16.7. The molecule has 198 valence electrons. The first-order valence-electron chi connectivity index (χ1n) is 15.1. The molecule has 35 heavy (non-hydrogen) atoms. The monoisotopic (exact) mass is 484 g/mol. The molecule has 1 spiro atoms. The normalized spacial score (nSPS) is 49.3. The molecule has 0 aromatic rings. The van der Waals surface area contributed by atoms with E-state index >= 15 is 0 Å². The van der Waals surface area contributed by atoms with Crippen LogP contribution in [0.3, 0.4) is 0 Å². The number of hydrogen-bond acceptors (Lipinski definition) is 3. The molecule has 3 aliphatic heterocycles. The maximum atomic E-state index is 12.5. The molecule has 0 radical (unpaired) electrons. The van der Waals surface area contributed by atoms with Gasteiger partial charge in [-0.1, -0.05) is 45.8 Å². The molecule has 1 amide bonds. The van der Waals surface area contributed by atoms with Crippen molar-refractivity contribution in [3.05, 3.63) is 11.1 Å². The van der Waals surface area contributed by atoms with Gasteiger partial charge in [0.25, 0.3) is 0 Å². The zero-order valence-corrected chi connectivity index (χ0v) is 23.7. The second-order valence-corrected chi connectivity index (χ2v) is 13.4. The number of carbonyl (C=O) groups excluding carboxylic acids is 1. The number of rotatable bonds is 0. The summed E-state index contributed by atoms with van der Waals surface area (Å²) in [6, 6.07) is 0.541. The first-order valence-corrected chi connectivity index (χ1v) is 15.1. The smallest absolute Gasteiger partial charge is 0.222 e. The van der Waals surface area contributed by atoms with Crippen molar-refractivity contribution in [2.75, 3.05) is 20.1 Å². The highest BCUT2D eigenvalue weighted by Crippen LogP contribution is 2.64. The fourth-order valence-corrected chi connectivity index (χ4v) is 9.79. The molecule has 1 N–H and O–H groups in total. The Kier molecular flexibility index (Phi) is 6.96. The molecule has 0 aromatic carbocycles. The Bertz CT molecular complexity index is 853. The van der Waals surface area contributed by atoms with Crippen LogP contribution in [0.5, 0.6) is 0 Å². The summed E-state index contributed by atoms with van der Waals surface area (Å²) in [5, 5.41) is 3.86. The second kappa shape index (κ2) is 9.46.